The molecule has 2 aliphatic rings. The first-order valence-electron chi connectivity index (χ1n) is 9.41. The number of amides is 3. The van der Waals surface area contributed by atoms with Crippen LogP contribution in [0.5, 0.6) is 0 Å². The molecule has 1 aliphatic heterocycles. The van der Waals surface area contributed by atoms with Gasteiger partial charge >= 0.3 is 5.97 Å². The molecule has 8 nitrogen and oxygen atoms in total. The highest BCUT2D eigenvalue weighted by atomic mass is 16.5. The predicted molar refractivity (Wildman–Crippen MR) is 102 cm³/mol. The first-order chi connectivity index (χ1) is 13.9. The summed E-state index contributed by atoms with van der Waals surface area (Å²) in [5.74, 6) is -2.30. The van der Waals surface area contributed by atoms with Crippen LogP contribution >= 0.6 is 0 Å². The molecule has 150 valence electrons. The number of carbonyl (C=O) groups excluding carboxylic acids is 4. The molecule has 0 unspecified atom stereocenters. The molecule has 3 rings (SSSR count). The van der Waals surface area contributed by atoms with Gasteiger partial charge in [-0.25, -0.2) is 4.79 Å². The van der Waals surface area contributed by atoms with Crippen LogP contribution in [0.15, 0.2) is 30.9 Å². The van der Waals surface area contributed by atoms with Crippen LogP contribution in [0.1, 0.15) is 63.2 Å². The third-order valence-corrected chi connectivity index (χ3v) is 5.15. The van der Waals surface area contributed by atoms with E-state index in [4.69, 9.17) is 4.74 Å². The van der Waals surface area contributed by atoms with Crippen LogP contribution in [0.2, 0.25) is 0 Å². The maximum Gasteiger partial charge on any atom is 0.338 e. The Morgan fingerprint density at radius 3 is 2.55 bits per heavy atom. The Hall–Kier alpha value is -3.47. The summed E-state index contributed by atoms with van der Waals surface area (Å²) in [5, 5.41) is 12.1. The number of nitriles is 1. The summed E-state index contributed by atoms with van der Waals surface area (Å²) in [6.07, 6.45) is 5.33. The SMILES string of the molecule is C=CCN1C(=O)c2ccc(C(=O)OCC(=O)NC3(C#N)CCCCC3)cc2C1=O. The number of imide groups is 1. The molecular weight excluding hydrogens is 374 g/mol. The predicted octanol–water partition coefficient (Wildman–Crippen LogP) is 1.97. The van der Waals surface area contributed by atoms with Crippen molar-refractivity contribution in [3.05, 3.63) is 47.5 Å². The summed E-state index contributed by atoms with van der Waals surface area (Å²) in [7, 11) is 0. The molecule has 1 aromatic carbocycles. The molecule has 8 heteroatoms. The van der Waals surface area contributed by atoms with Crippen LogP contribution < -0.4 is 5.32 Å². The maximum absolute atomic E-state index is 12.3. The first kappa shape index (κ1) is 20.3. The average Bonchev–Trinajstić information content (AvgIpc) is 2.97. The van der Waals surface area contributed by atoms with Crippen molar-refractivity contribution in [2.75, 3.05) is 13.2 Å². The highest BCUT2D eigenvalue weighted by Crippen LogP contribution is 2.27. The van der Waals surface area contributed by atoms with Crippen molar-refractivity contribution < 1.29 is 23.9 Å². The fourth-order valence-corrected chi connectivity index (χ4v) is 3.65. The highest BCUT2D eigenvalue weighted by molar-refractivity contribution is 6.22. The van der Waals surface area contributed by atoms with Gasteiger partial charge in [0, 0.05) is 6.54 Å². The van der Waals surface area contributed by atoms with Crippen LogP contribution in [-0.4, -0.2) is 47.3 Å². The molecular formula is C21H21N3O5. The number of rotatable bonds is 6. The van der Waals surface area contributed by atoms with Gasteiger partial charge in [-0.05, 0) is 31.0 Å². The van der Waals surface area contributed by atoms with E-state index in [1.54, 1.807) is 0 Å². The minimum absolute atomic E-state index is 0.0609. The standard InChI is InChI=1S/C21H21N3O5/c1-2-10-24-18(26)15-7-6-14(11-16(15)19(24)27)20(28)29-12-17(25)23-21(13-22)8-4-3-5-9-21/h2,6-7,11H,1,3-5,8-10,12H2,(H,23,25). The quantitative estimate of drug-likeness (QED) is 0.447. The third-order valence-electron chi connectivity index (χ3n) is 5.15. The van der Waals surface area contributed by atoms with Crippen LogP contribution in [-0.2, 0) is 9.53 Å². The van der Waals surface area contributed by atoms with E-state index in [-0.39, 0.29) is 23.2 Å². The van der Waals surface area contributed by atoms with Crippen molar-refractivity contribution in [2.45, 2.75) is 37.6 Å². The molecule has 1 aromatic rings. The van der Waals surface area contributed by atoms with Gasteiger partial charge < -0.3 is 10.1 Å². The van der Waals surface area contributed by atoms with Gasteiger partial charge in [-0.1, -0.05) is 25.3 Å². The summed E-state index contributed by atoms with van der Waals surface area (Å²) in [6, 6.07) is 6.22. The molecule has 1 heterocycles. The Labute approximate surface area is 168 Å². The molecule has 0 radical (unpaired) electrons. The largest absolute Gasteiger partial charge is 0.452 e. The molecule has 0 atom stereocenters. The molecule has 3 amide bonds. The Morgan fingerprint density at radius 1 is 1.21 bits per heavy atom. The molecule has 1 saturated carbocycles. The molecule has 1 fully saturated rings. The Balaban J connectivity index is 1.63. The van der Waals surface area contributed by atoms with E-state index >= 15 is 0 Å². The Kier molecular flexibility index (Phi) is 5.78. The zero-order chi connectivity index (χ0) is 21.0. The smallest absolute Gasteiger partial charge is 0.338 e. The lowest BCUT2D eigenvalue weighted by Gasteiger charge is -2.31. The Bertz CT molecular complexity index is 925. The molecule has 0 spiro atoms. The molecule has 1 aliphatic carbocycles. The monoisotopic (exact) mass is 395 g/mol. The summed E-state index contributed by atoms with van der Waals surface area (Å²) >= 11 is 0. The summed E-state index contributed by atoms with van der Waals surface area (Å²) < 4.78 is 5.03. The van der Waals surface area contributed by atoms with Gasteiger partial charge in [-0.15, -0.1) is 6.58 Å². The van der Waals surface area contributed by atoms with Crippen molar-refractivity contribution in [3.8, 4) is 6.07 Å². The van der Waals surface area contributed by atoms with Crippen LogP contribution in [0.25, 0.3) is 0 Å². The zero-order valence-corrected chi connectivity index (χ0v) is 15.9. The molecule has 29 heavy (non-hydrogen) atoms. The van der Waals surface area contributed by atoms with E-state index in [0.29, 0.717) is 12.8 Å². The second kappa shape index (κ2) is 8.27. The molecule has 0 aromatic heterocycles. The fraction of sp³-hybridized carbons (Fsp3) is 0.381. The molecule has 1 N–H and O–H groups in total. The van der Waals surface area contributed by atoms with E-state index in [9.17, 15) is 24.4 Å². The van der Waals surface area contributed by atoms with E-state index < -0.39 is 35.8 Å². The number of nitrogens with zero attached hydrogens (tertiary/aromatic N) is 2. The lowest BCUT2D eigenvalue weighted by atomic mass is 9.83. The second-order valence-corrected chi connectivity index (χ2v) is 7.15. The van der Waals surface area contributed by atoms with Gasteiger partial charge in [0.05, 0.1) is 22.8 Å². The highest BCUT2D eigenvalue weighted by Gasteiger charge is 2.36. The van der Waals surface area contributed by atoms with Crippen molar-refractivity contribution >= 4 is 23.7 Å². The number of nitrogens with one attached hydrogen (secondary N) is 1. The van der Waals surface area contributed by atoms with Crippen LogP contribution in [0, 0.1) is 11.3 Å². The van der Waals surface area contributed by atoms with Crippen molar-refractivity contribution in [2.24, 2.45) is 0 Å². The summed E-state index contributed by atoms with van der Waals surface area (Å²) in [5.41, 5.74) is -0.525. The second-order valence-electron chi connectivity index (χ2n) is 7.15. The fourth-order valence-electron chi connectivity index (χ4n) is 3.65. The van der Waals surface area contributed by atoms with Gasteiger partial charge in [-0.2, -0.15) is 5.26 Å². The maximum atomic E-state index is 12.3. The van der Waals surface area contributed by atoms with Crippen molar-refractivity contribution in [1.82, 2.24) is 10.2 Å². The van der Waals surface area contributed by atoms with Crippen molar-refractivity contribution in [3.63, 3.8) is 0 Å². The number of esters is 1. The van der Waals surface area contributed by atoms with Crippen LogP contribution in [0.3, 0.4) is 0 Å². The summed E-state index contributed by atoms with van der Waals surface area (Å²) in [6.45, 7) is 3.06. The average molecular weight is 395 g/mol. The normalized spacial score (nSPS) is 17.3. The van der Waals surface area contributed by atoms with Crippen molar-refractivity contribution in [1.29, 1.82) is 5.26 Å². The van der Waals surface area contributed by atoms with Gasteiger partial charge in [0.2, 0.25) is 0 Å². The molecule has 0 saturated heterocycles. The van der Waals surface area contributed by atoms with E-state index in [2.05, 4.69) is 18.0 Å². The van der Waals surface area contributed by atoms with E-state index in [1.807, 2.05) is 0 Å². The van der Waals surface area contributed by atoms with E-state index in [0.717, 1.165) is 24.2 Å². The first-order valence-corrected chi connectivity index (χ1v) is 9.41. The number of benzene rings is 1. The topological polar surface area (TPSA) is 117 Å². The van der Waals surface area contributed by atoms with Gasteiger partial charge in [-0.3, -0.25) is 19.3 Å². The zero-order valence-electron chi connectivity index (χ0n) is 15.9. The molecule has 0 bridgehead atoms. The lowest BCUT2D eigenvalue weighted by molar-refractivity contribution is -0.125. The number of ether oxygens (including phenoxy) is 1. The number of carbonyl (C=O) groups is 4. The third kappa shape index (κ3) is 4.04. The Morgan fingerprint density at radius 2 is 1.90 bits per heavy atom. The minimum atomic E-state index is -0.906. The summed E-state index contributed by atoms with van der Waals surface area (Å²) in [4.78, 5) is 50.0. The lowest BCUT2D eigenvalue weighted by Crippen LogP contribution is -2.50. The van der Waals surface area contributed by atoms with Gasteiger partial charge in [0.1, 0.15) is 5.54 Å². The van der Waals surface area contributed by atoms with Gasteiger partial charge in [0.15, 0.2) is 6.61 Å². The number of hydrogen-bond donors (Lipinski definition) is 1. The number of fused-ring (bicyclic) bond motifs is 1. The van der Waals surface area contributed by atoms with Crippen LogP contribution in [0.4, 0.5) is 0 Å². The minimum Gasteiger partial charge on any atom is -0.452 e. The van der Waals surface area contributed by atoms with Gasteiger partial charge in [0.25, 0.3) is 17.7 Å². The van der Waals surface area contributed by atoms with E-state index in [1.165, 1.54) is 24.3 Å². The number of hydrogen-bond acceptors (Lipinski definition) is 6.